The summed E-state index contributed by atoms with van der Waals surface area (Å²) in [6.07, 6.45) is 4.95. The highest BCUT2D eigenvalue weighted by Gasteiger charge is 2.35. The van der Waals surface area contributed by atoms with E-state index in [4.69, 9.17) is 5.73 Å². The van der Waals surface area contributed by atoms with Gasteiger partial charge >= 0.3 is 0 Å². The van der Waals surface area contributed by atoms with Crippen LogP contribution < -0.4 is 5.73 Å². The molecule has 1 aliphatic heterocycles. The van der Waals surface area contributed by atoms with Crippen LogP contribution in [0.5, 0.6) is 0 Å². The minimum absolute atomic E-state index is 0.132. The lowest BCUT2D eigenvalue weighted by Gasteiger charge is -2.27. The molecule has 0 spiro atoms. The number of rotatable bonds is 6. The summed E-state index contributed by atoms with van der Waals surface area (Å²) < 4.78 is 0. The van der Waals surface area contributed by atoms with Crippen LogP contribution in [0.25, 0.3) is 0 Å². The van der Waals surface area contributed by atoms with Gasteiger partial charge in [0.15, 0.2) is 0 Å². The van der Waals surface area contributed by atoms with E-state index in [9.17, 15) is 4.79 Å². The van der Waals surface area contributed by atoms with E-state index in [-0.39, 0.29) is 18.0 Å². The molecule has 2 rings (SSSR count). The first-order chi connectivity index (χ1) is 10.1. The van der Waals surface area contributed by atoms with E-state index >= 15 is 0 Å². The van der Waals surface area contributed by atoms with Crippen LogP contribution in [0.4, 0.5) is 0 Å². The van der Waals surface area contributed by atoms with E-state index < -0.39 is 0 Å². The normalized spacial score (nSPS) is 23.3. The van der Waals surface area contributed by atoms with E-state index in [0.717, 1.165) is 31.6 Å². The number of nitrogens with zero attached hydrogens (tertiary/aromatic N) is 1. The molecule has 1 aromatic rings. The third-order valence-electron chi connectivity index (χ3n) is 4.49. The molecular formula is C17H26N2OS. The lowest BCUT2D eigenvalue weighted by Crippen LogP contribution is -2.46. The van der Waals surface area contributed by atoms with Crippen LogP contribution >= 0.6 is 11.8 Å². The van der Waals surface area contributed by atoms with E-state index in [1.807, 2.05) is 17.2 Å². The summed E-state index contributed by atoms with van der Waals surface area (Å²) in [5.74, 6) is 1.62. The Morgan fingerprint density at radius 2 is 2.14 bits per heavy atom. The zero-order valence-corrected chi connectivity index (χ0v) is 13.8. The van der Waals surface area contributed by atoms with Gasteiger partial charge in [0.2, 0.25) is 5.91 Å². The summed E-state index contributed by atoms with van der Waals surface area (Å²) in [6.45, 7) is 3.02. The number of benzene rings is 1. The summed E-state index contributed by atoms with van der Waals surface area (Å²) in [7, 11) is 0. The smallest absolute Gasteiger partial charge is 0.239 e. The molecule has 0 aromatic heterocycles. The predicted molar refractivity (Wildman–Crippen MR) is 90.4 cm³/mol. The summed E-state index contributed by atoms with van der Waals surface area (Å²) in [5, 5.41) is 0. The number of likely N-dealkylation sites (tertiary alicyclic amines) is 1. The van der Waals surface area contributed by atoms with Crippen LogP contribution in [0.1, 0.15) is 25.3 Å². The zero-order valence-electron chi connectivity index (χ0n) is 13.0. The highest BCUT2D eigenvalue weighted by atomic mass is 32.2. The van der Waals surface area contributed by atoms with Crippen molar-refractivity contribution in [3.8, 4) is 0 Å². The van der Waals surface area contributed by atoms with Gasteiger partial charge in [0, 0.05) is 12.6 Å². The van der Waals surface area contributed by atoms with Gasteiger partial charge in [-0.05, 0) is 49.7 Å². The second-order valence-corrected chi connectivity index (χ2v) is 6.88. The molecule has 2 unspecified atom stereocenters. The molecule has 21 heavy (non-hydrogen) atoms. The Morgan fingerprint density at radius 3 is 2.81 bits per heavy atom. The van der Waals surface area contributed by atoms with Gasteiger partial charge in [0.05, 0.1) is 6.04 Å². The van der Waals surface area contributed by atoms with E-state index in [1.54, 1.807) is 11.8 Å². The molecule has 1 aromatic carbocycles. The molecular weight excluding hydrogens is 280 g/mol. The van der Waals surface area contributed by atoms with Gasteiger partial charge in [-0.25, -0.2) is 0 Å². The highest BCUT2D eigenvalue weighted by Crippen LogP contribution is 2.28. The Hall–Kier alpha value is -1.00. The molecule has 1 amide bonds. The minimum atomic E-state index is -0.338. The monoisotopic (exact) mass is 306 g/mol. The second-order valence-electron chi connectivity index (χ2n) is 5.90. The molecule has 0 saturated carbocycles. The molecule has 1 heterocycles. The molecule has 1 saturated heterocycles. The summed E-state index contributed by atoms with van der Waals surface area (Å²) in [4.78, 5) is 14.4. The van der Waals surface area contributed by atoms with Gasteiger partial charge in [0.1, 0.15) is 0 Å². The number of carbonyl (C=O) groups excluding carboxylic acids is 1. The molecule has 0 radical (unpaired) electrons. The van der Waals surface area contributed by atoms with Crippen molar-refractivity contribution in [2.45, 2.75) is 38.3 Å². The van der Waals surface area contributed by atoms with Crippen LogP contribution in [0.15, 0.2) is 30.3 Å². The first-order valence-electron chi connectivity index (χ1n) is 7.72. The van der Waals surface area contributed by atoms with Crippen molar-refractivity contribution < 1.29 is 4.79 Å². The largest absolute Gasteiger partial charge is 0.338 e. The highest BCUT2D eigenvalue weighted by molar-refractivity contribution is 7.98. The minimum Gasteiger partial charge on any atom is -0.338 e. The SMILES string of the molecule is CSCC[C@H](N)C(=O)N1CCC(Cc2ccccc2)C1C. The summed E-state index contributed by atoms with van der Waals surface area (Å²) in [6, 6.07) is 10.5. The maximum atomic E-state index is 12.5. The first kappa shape index (κ1) is 16.4. The molecule has 1 fully saturated rings. The van der Waals surface area contributed by atoms with Crippen LogP contribution in [0.2, 0.25) is 0 Å². The standard InChI is InChI=1S/C17H26N2OS/c1-13-15(12-14-6-4-3-5-7-14)8-10-19(13)17(20)16(18)9-11-21-2/h3-7,13,15-16H,8-12,18H2,1-2H3/t13?,15?,16-/m0/s1. The lowest BCUT2D eigenvalue weighted by atomic mass is 9.93. The van der Waals surface area contributed by atoms with Gasteiger partial charge in [-0.2, -0.15) is 11.8 Å². The number of amides is 1. The number of carbonyl (C=O) groups is 1. The molecule has 4 heteroatoms. The fourth-order valence-corrected chi connectivity index (χ4v) is 3.58. The maximum Gasteiger partial charge on any atom is 0.239 e. The van der Waals surface area contributed by atoms with Gasteiger partial charge in [-0.3, -0.25) is 4.79 Å². The molecule has 1 aliphatic rings. The second kappa shape index (κ2) is 7.85. The Kier molecular flexibility index (Phi) is 6.12. The quantitative estimate of drug-likeness (QED) is 0.878. The molecule has 3 atom stereocenters. The number of hydrogen-bond donors (Lipinski definition) is 1. The molecule has 3 nitrogen and oxygen atoms in total. The molecule has 2 N–H and O–H groups in total. The molecule has 0 aliphatic carbocycles. The Bertz CT molecular complexity index is 451. The average Bonchev–Trinajstić information content (AvgIpc) is 2.86. The van der Waals surface area contributed by atoms with E-state index in [1.165, 1.54) is 5.56 Å². The topological polar surface area (TPSA) is 46.3 Å². The van der Waals surface area contributed by atoms with Gasteiger partial charge < -0.3 is 10.6 Å². The molecule has 116 valence electrons. The number of hydrogen-bond acceptors (Lipinski definition) is 3. The van der Waals surface area contributed by atoms with Gasteiger partial charge in [-0.15, -0.1) is 0 Å². The van der Waals surface area contributed by atoms with Crippen molar-refractivity contribution in [2.24, 2.45) is 11.7 Å². The van der Waals surface area contributed by atoms with E-state index in [0.29, 0.717) is 5.92 Å². The Labute approximate surface area is 132 Å². The predicted octanol–water partition coefficient (Wildman–Crippen LogP) is 2.55. The van der Waals surface area contributed by atoms with Crippen molar-refractivity contribution in [1.29, 1.82) is 0 Å². The maximum absolute atomic E-state index is 12.5. The Morgan fingerprint density at radius 1 is 1.43 bits per heavy atom. The van der Waals surface area contributed by atoms with Crippen molar-refractivity contribution in [3.63, 3.8) is 0 Å². The van der Waals surface area contributed by atoms with Crippen LogP contribution in [-0.4, -0.2) is 41.4 Å². The third kappa shape index (κ3) is 4.24. The van der Waals surface area contributed by atoms with Crippen LogP contribution in [0.3, 0.4) is 0 Å². The van der Waals surface area contributed by atoms with E-state index in [2.05, 4.69) is 31.2 Å². The zero-order chi connectivity index (χ0) is 15.2. The average molecular weight is 306 g/mol. The number of thioether (sulfide) groups is 1. The van der Waals surface area contributed by atoms with Crippen molar-refractivity contribution >= 4 is 17.7 Å². The first-order valence-corrected chi connectivity index (χ1v) is 9.11. The fourth-order valence-electron chi connectivity index (χ4n) is 3.09. The lowest BCUT2D eigenvalue weighted by molar-refractivity contribution is -0.133. The summed E-state index contributed by atoms with van der Waals surface area (Å²) in [5.41, 5.74) is 7.40. The van der Waals surface area contributed by atoms with Crippen LogP contribution in [0, 0.1) is 5.92 Å². The van der Waals surface area contributed by atoms with Crippen LogP contribution in [-0.2, 0) is 11.2 Å². The summed E-state index contributed by atoms with van der Waals surface area (Å²) >= 11 is 1.74. The van der Waals surface area contributed by atoms with Crippen molar-refractivity contribution in [1.82, 2.24) is 4.90 Å². The van der Waals surface area contributed by atoms with Gasteiger partial charge in [-0.1, -0.05) is 30.3 Å². The van der Waals surface area contributed by atoms with Gasteiger partial charge in [0.25, 0.3) is 0 Å². The molecule has 0 bridgehead atoms. The fraction of sp³-hybridized carbons (Fsp3) is 0.588. The number of nitrogens with two attached hydrogens (primary N) is 1. The van der Waals surface area contributed by atoms with Crippen molar-refractivity contribution in [2.75, 3.05) is 18.6 Å². The Balaban J connectivity index is 1.91. The van der Waals surface area contributed by atoms with Crippen molar-refractivity contribution in [3.05, 3.63) is 35.9 Å². The third-order valence-corrected chi connectivity index (χ3v) is 5.13.